The Kier molecular flexibility index (Phi) is 3.90. The number of aryl methyl sites for hydroxylation is 1. The van der Waals surface area contributed by atoms with Crippen LogP contribution in [0.2, 0.25) is 0 Å². The van der Waals surface area contributed by atoms with E-state index in [9.17, 15) is 14.7 Å². The Hall–Kier alpha value is -1.82. The number of rotatable bonds is 5. The van der Waals surface area contributed by atoms with Crippen molar-refractivity contribution in [1.82, 2.24) is 5.32 Å². The van der Waals surface area contributed by atoms with Crippen LogP contribution >= 0.6 is 0 Å². The molecule has 1 unspecified atom stereocenters. The highest BCUT2D eigenvalue weighted by Crippen LogP contribution is 2.21. The van der Waals surface area contributed by atoms with Crippen molar-refractivity contribution in [2.75, 3.05) is 13.2 Å². The third kappa shape index (κ3) is 2.63. The van der Waals surface area contributed by atoms with Crippen LogP contribution in [0.5, 0.6) is 0 Å². The summed E-state index contributed by atoms with van der Waals surface area (Å²) in [6.07, 6.45) is 3.21. The van der Waals surface area contributed by atoms with Gasteiger partial charge in [0.15, 0.2) is 5.54 Å². The van der Waals surface area contributed by atoms with Crippen LogP contribution in [-0.4, -0.2) is 35.7 Å². The molecular weight excluding hydrogens is 250 g/mol. The molecule has 1 aromatic rings. The van der Waals surface area contributed by atoms with Crippen LogP contribution < -0.4 is 5.32 Å². The van der Waals surface area contributed by atoms with Crippen LogP contribution in [0.15, 0.2) is 16.7 Å². The summed E-state index contributed by atoms with van der Waals surface area (Å²) in [5.74, 6) is -0.913. The third-order valence-corrected chi connectivity index (χ3v) is 3.25. The first-order valence-electron chi connectivity index (χ1n) is 6.29. The highest BCUT2D eigenvalue weighted by Gasteiger charge is 2.44. The summed E-state index contributed by atoms with van der Waals surface area (Å²) >= 11 is 0. The van der Waals surface area contributed by atoms with E-state index in [1.165, 1.54) is 6.26 Å². The first-order chi connectivity index (χ1) is 9.09. The highest BCUT2D eigenvalue weighted by molar-refractivity contribution is 5.98. The van der Waals surface area contributed by atoms with Gasteiger partial charge in [0.1, 0.15) is 5.76 Å². The van der Waals surface area contributed by atoms with Crippen molar-refractivity contribution in [2.45, 2.75) is 31.7 Å². The van der Waals surface area contributed by atoms with Gasteiger partial charge in [-0.15, -0.1) is 0 Å². The number of ether oxygens (including phenoxy) is 1. The summed E-state index contributed by atoms with van der Waals surface area (Å²) in [5.41, 5.74) is -0.924. The molecule has 1 atom stereocenters. The average molecular weight is 267 g/mol. The molecule has 0 saturated carbocycles. The van der Waals surface area contributed by atoms with E-state index in [-0.39, 0.29) is 13.0 Å². The lowest BCUT2D eigenvalue weighted by molar-refractivity contribution is -0.144. The molecule has 0 aromatic carbocycles. The third-order valence-electron chi connectivity index (χ3n) is 3.25. The van der Waals surface area contributed by atoms with E-state index in [1.807, 2.05) is 6.92 Å². The molecule has 6 nitrogen and oxygen atoms in total. The lowest BCUT2D eigenvalue weighted by Crippen LogP contribution is -2.55. The topological polar surface area (TPSA) is 88.8 Å². The maximum absolute atomic E-state index is 12.2. The summed E-state index contributed by atoms with van der Waals surface area (Å²) in [7, 11) is 0. The predicted octanol–water partition coefficient (Wildman–Crippen LogP) is 1.21. The van der Waals surface area contributed by atoms with E-state index in [0.717, 1.165) is 6.42 Å². The van der Waals surface area contributed by atoms with E-state index in [1.54, 1.807) is 6.07 Å². The number of carbonyl (C=O) groups excluding carboxylic acids is 1. The van der Waals surface area contributed by atoms with E-state index in [0.29, 0.717) is 24.4 Å². The first kappa shape index (κ1) is 13.6. The maximum atomic E-state index is 12.2. The summed E-state index contributed by atoms with van der Waals surface area (Å²) in [4.78, 5) is 23.5. The molecule has 0 radical (unpaired) electrons. The van der Waals surface area contributed by atoms with Gasteiger partial charge in [-0.1, -0.05) is 6.92 Å². The Balaban J connectivity index is 2.15. The molecule has 1 aromatic heterocycles. The van der Waals surface area contributed by atoms with Crippen molar-refractivity contribution in [2.24, 2.45) is 0 Å². The molecule has 1 saturated heterocycles. The molecule has 0 spiro atoms. The van der Waals surface area contributed by atoms with Crippen LogP contribution in [0, 0.1) is 0 Å². The molecule has 1 aliphatic rings. The minimum atomic E-state index is -1.32. The molecular formula is C13H17NO5. The van der Waals surface area contributed by atoms with Gasteiger partial charge in [-0.05, 0) is 12.5 Å². The zero-order valence-electron chi connectivity index (χ0n) is 10.8. The van der Waals surface area contributed by atoms with Gasteiger partial charge < -0.3 is 19.6 Å². The predicted molar refractivity (Wildman–Crippen MR) is 66.0 cm³/mol. The standard InChI is InChI=1S/C13H17NO5/c1-2-3-10-9(4-6-19-10)11(15)14-13(12(16)17)5-7-18-8-13/h4,6H,2-3,5,7-8H2,1H3,(H,14,15)(H,16,17). The Morgan fingerprint density at radius 1 is 1.53 bits per heavy atom. The zero-order valence-corrected chi connectivity index (χ0v) is 10.8. The van der Waals surface area contributed by atoms with Gasteiger partial charge in [-0.25, -0.2) is 4.79 Å². The summed E-state index contributed by atoms with van der Waals surface area (Å²) in [5, 5.41) is 11.8. The highest BCUT2D eigenvalue weighted by atomic mass is 16.5. The Morgan fingerprint density at radius 3 is 2.89 bits per heavy atom. The van der Waals surface area contributed by atoms with Crippen LogP contribution in [0.3, 0.4) is 0 Å². The Labute approximate surface area is 110 Å². The van der Waals surface area contributed by atoms with E-state index >= 15 is 0 Å². The van der Waals surface area contributed by atoms with Gasteiger partial charge in [0.05, 0.1) is 18.4 Å². The smallest absolute Gasteiger partial charge is 0.331 e. The van der Waals surface area contributed by atoms with Gasteiger partial charge in [0, 0.05) is 19.4 Å². The fourth-order valence-corrected chi connectivity index (χ4v) is 2.13. The normalized spacial score (nSPS) is 22.4. The van der Waals surface area contributed by atoms with Crippen LogP contribution in [0.4, 0.5) is 0 Å². The van der Waals surface area contributed by atoms with E-state index < -0.39 is 17.4 Å². The van der Waals surface area contributed by atoms with Crippen molar-refractivity contribution < 1.29 is 23.8 Å². The van der Waals surface area contributed by atoms with Gasteiger partial charge in [-0.2, -0.15) is 0 Å². The number of carboxylic acids is 1. The number of carboxylic acid groups (broad SMARTS) is 1. The monoisotopic (exact) mass is 267 g/mol. The molecule has 2 heterocycles. The second-order valence-electron chi connectivity index (χ2n) is 4.65. The second-order valence-corrected chi connectivity index (χ2v) is 4.65. The fraction of sp³-hybridized carbons (Fsp3) is 0.538. The summed E-state index contributed by atoms with van der Waals surface area (Å²) < 4.78 is 10.3. The Bertz CT molecular complexity index is 473. The number of carbonyl (C=O) groups is 2. The SMILES string of the molecule is CCCc1occc1C(=O)NC1(C(=O)O)CCOC1. The average Bonchev–Trinajstić information content (AvgIpc) is 2.99. The summed E-state index contributed by atoms with van der Waals surface area (Å²) in [6.45, 7) is 2.31. The first-order valence-corrected chi connectivity index (χ1v) is 6.29. The number of hydrogen-bond acceptors (Lipinski definition) is 4. The minimum absolute atomic E-state index is 0.00492. The summed E-state index contributed by atoms with van der Waals surface area (Å²) in [6, 6.07) is 1.56. The van der Waals surface area contributed by atoms with Gasteiger partial charge >= 0.3 is 5.97 Å². The van der Waals surface area contributed by atoms with Crippen molar-refractivity contribution in [3.8, 4) is 0 Å². The molecule has 2 N–H and O–H groups in total. The largest absolute Gasteiger partial charge is 0.479 e. The van der Waals surface area contributed by atoms with E-state index in [2.05, 4.69) is 5.32 Å². The van der Waals surface area contributed by atoms with Crippen LogP contribution in [0.1, 0.15) is 35.9 Å². The number of hydrogen-bond donors (Lipinski definition) is 2. The second kappa shape index (κ2) is 5.44. The molecule has 19 heavy (non-hydrogen) atoms. The van der Waals surface area contributed by atoms with Crippen LogP contribution in [-0.2, 0) is 16.0 Å². The lowest BCUT2D eigenvalue weighted by Gasteiger charge is -2.23. The van der Waals surface area contributed by atoms with Crippen molar-refractivity contribution >= 4 is 11.9 Å². The quantitative estimate of drug-likeness (QED) is 0.837. The van der Waals surface area contributed by atoms with Gasteiger partial charge in [0.25, 0.3) is 5.91 Å². The molecule has 1 aliphatic heterocycles. The minimum Gasteiger partial charge on any atom is -0.479 e. The van der Waals surface area contributed by atoms with Crippen LogP contribution in [0.25, 0.3) is 0 Å². The molecule has 104 valence electrons. The van der Waals surface area contributed by atoms with Crippen molar-refractivity contribution in [1.29, 1.82) is 0 Å². The van der Waals surface area contributed by atoms with Gasteiger partial charge in [-0.3, -0.25) is 4.79 Å². The van der Waals surface area contributed by atoms with Crippen molar-refractivity contribution in [3.63, 3.8) is 0 Å². The number of nitrogens with one attached hydrogen (secondary N) is 1. The van der Waals surface area contributed by atoms with Gasteiger partial charge in [0.2, 0.25) is 0 Å². The molecule has 1 amide bonds. The molecule has 0 bridgehead atoms. The van der Waals surface area contributed by atoms with E-state index in [4.69, 9.17) is 9.15 Å². The molecule has 0 aliphatic carbocycles. The molecule has 2 rings (SSSR count). The Morgan fingerprint density at radius 2 is 2.32 bits per heavy atom. The number of furan rings is 1. The fourth-order valence-electron chi connectivity index (χ4n) is 2.13. The number of aliphatic carboxylic acids is 1. The zero-order chi connectivity index (χ0) is 13.9. The molecule has 6 heteroatoms. The number of amides is 1. The van der Waals surface area contributed by atoms with Crippen molar-refractivity contribution in [3.05, 3.63) is 23.7 Å². The molecule has 1 fully saturated rings. The lowest BCUT2D eigenvalue weighted by atomic mass is 9.98. The maximum Gasteiger partial charge on any atom is 0.331 e.